The number of nitrogens with one attached hydrogen (secondary N) is 2. The number of nitrogens with zero attached hydrogens (tertiary/aromatic N) is 4. The number of guanidine groups is 1. The van der Waals surface area contributed by atoms with Gasteiger partial charge in [0, 0.05) is 38.5 Å². The molecule has 1 aliphatic heterocycles. The summed E-state index contributed by atoms with van der Waals surface area (Å²) in [5.74, 6) is 3.30. The standard InChI is InChI=1S/C21H40N6O.HI/c1-16(2)18(27-13-8-6-7-9-14-27)15-24-21(22-5)23-12-10-11-19-25-20(17(3)4)26-28-19;/h16-18H,6-15H2,1-5H3,(H2,22,23,24);1H. The van der Waals surface area contributed by atoms with Crippen molar-refractivity contribution in [3.05, 3.63) is 11.7 Å². The molecule has 0 radical (unpaired) electrons. The molecule has 1 aromatic heterocycles. The van der Waals surface area contributed by atoms with E-state index < -0.39 is 0 Å². The van der Waals surface area contributed by atoms with Crippen molar-refractivity contribution in [3.63, 3.8) is 0 Å². The molecule has 0 aromatic carbocycles. The third-order valence-corrected chi connectivity index (χ3v) is 5.44. The second-order valence-electron chi connectivity index (χ2n) is 8.45. The van der Waals surface area contributed by atoms with E-state index in [0.717, 1.165) is 43.6 Å². The number of aliphatic imine (C=N–C) groups is 1. The number of aryl methyl sites for hydroxylation is 1. The molecule has 0 spiro atoms. The molecule has 1 unspecified atom stereocenters. The summed E-state index contributed by atoms with van der Waals surface area (Å²) in [5, 5.41) is 11.0. The lowest BCUT2D eigenvalue weighted by molar-refractivity contribution is 0.161. The highest BCUT2D eigenvalue weighted by molar-refractivity contribution is 14.0. The van der Waals surface area contributed by atoms with Crippen LogP contribution in [0.4, 0.5) is 0 Å². The van der Waals surface area contributed by atoms with E-state index in [0.29, 0.717) is 17.9 Å². The number of hydrogen-bond acceptors (Lipinski definition) is 5. The molecule has 7 nitrogen and oxygen atoms in total. The van der Waals surface area contributed by atoms with Crippen LogP contribution in [0.5, 0.6) is 0 Å². The van der Waals surface area contributed by atoms with Crippen LogP contribution in [0.1, 0.15) is 77.4 Å². The zero-order chi connectivity index (χ0) is 20.4. The molecule has 2 rings (SSSR count). The number of hydrogen-bond donors (Lipinski definition) is 2. The van der Waals surface area contributed by atoms with E-state index in [4.69, 9.17) is 4.52 Å². The summed E-state index contributed by atoms with van der Waals surface area (Å²) in [4.78, 5) is 11.5. The van der Waals surface area contributed by atoms with Gasteiger partial charge >= 0.3 is 0 Å². The summed E-state index contributed by atoms with van der Waals surface area (Å²) in [6.45, 7) is 13.0. The minimum Gasteiger partial charge on any atom is -0.356 e. The smallest absolute Gasteiger partial charge is 0.226 e. The quantitative estimate of drug-likeness (QED) is 0.223. The minimum absolute atomic E-state index is 0. The molecule has 1 fully saturated rings. The van der Waals surface area contributed by atoms with E-state index in [-0.39, 0.29) is 24.0 Å². The van der Waals surface area contributed by atoms with Crippen molar-refractivity contribution in [2.45, 2.75) is 78.2 Å². The topological polar surface area (TPSA) is 78.6 Å². The molecule has 2 heterocycles. The minimum atomic E-state index is 0. The van der Waals surface area contributed by atoms with Crippen LogP contribution in [-0.4, -0.2) is 60.3 Å². The molecule has 2 N–H and O–H groups in total. The first-order valence-electron chi connectivity index (χ1n) is 11.0. The monoisotopic (exact) mass is 520 g/mol. The molecule has 1 aromatic rings. The Balaban J connectivity index is 0.00000420. The third-order valence-electron chi connectivity index (χ3n) is 5.44. The molecule has 0 aliphatic carbocycles. The fourth-order valence-corrected chi connectivity index (χ4v) is 3.69. The Morgan fingerprint density at radius 3 is 2.34 bits per heavy atom. The normalized spacial score (nSPS) is 17.1. The maximum Gasteiger partial charge on any atom is 0.226 e. The Morgan fingerprint density at radius 1 is 1.10 bits per heavy atom. The van der Waals surface area contributed by atoms with E-state index in [1.165, 1.54) is 38.8 Å². The van der Waals surface area contributed by atoms with Crippen molar-refractivity contribution in [2.75, 3.05) is 33.2 Å². The summed E-state index contributed by atoms with van der Waals surface area (Å²) in [5.41, 5.74) is 0. The van der Waals surface area contributed by atoms with Gasteiger partial charge in [0.25, 0.3) is 0 Å². The van der Waals surface area contributed by atoms with Crippen molar-refractivity contribution in [3.8, 4) is 0 Å². The fraction of sp³-hybridized carbons (Fsp3) is 0.857. The fourth-order valence-electron chi connectivity index (χ4n) is 3.69. The highest BCUT2D eigenvalue weighted by Crippen LogP contribution is 2.17. The first kappa shape index (κ1) is 26.1. The average Bonchev–Trinajstić information content (AvgIpc) is 2.99. The zero-order valence-electron chi connectivity index (χ0n) is 18.9. The Bertz CT molecular complexity index is 581. The van der Waals surface area contributed by atoms with Gasteiger partial charge in [0.15, 0.2) is 11.8 Å². The molecule has 29 heavy (non-hydrogen) atoms. The largest absolute Gasteiger partial charge is 0.356 e. The molecule has 1 saturated heterocycles. The van der Waals surface area contributed by atoms with Gasteiger partial charge in [-0.3, -0.25) is 9.89 Å². The van der Waals surface area contributed by atoms with E-state index in [2.05, 4.69) is 58.4 Å². The lowest BCUT2D eigenvalue weighted by atomic mass is 10.0. The number of likely N-dealkylation sites (tertiary alicyclic amines) is 1. The van der Waals surface area contributed by atoms with Gasteiger partial charge in [-0.2, -0.15) is 4.98 Å². The predicted octanol–water partition coefficient (Wildman–Crippen LogP) is 3.81. The Kier molecular flexibility index (Phi) is 12.8. The lowest BCUT2D eigenvalue weighted by Crippen LogP contribution is -2.49. The van der Waals surface area contributed by atoms with Gasteiger partial charge < -0.3 is 15.2 Å². The van der Waals surface area contributed by atoms with Crippen LogP contribution >= 0.6 is 24.0 Å². The first-order chi connectivity index (χ1) is 13.5. The van der Waals surface area contributed by atoms with E-state index in [1.807, 2.05) is 7.05 Å². The molecular formula is C21H41IN6O. The molecule has 1 aliphatic rings. The molecule has 8 heteroatoms. The van der Waals surface area contributed by atoms with Crippen molar-refractivity contribution < 1.29 is 4.52 Å². The van der Waals surface area contributed by atoms with Gasteiger partial charge in [0.05, 0.1) is 0 Å². The van der Waals surface area contributed by atoms with Crippen LogP contribution in [0.3, 0.4) is 0 Å². The second-order valence-corrected chi connectivity index (χ2v) is 8.45. The van der Waals surface area contributed by atoms with Crippen LogP contribution in [0.2, 0.25) is 0 Å². The summed E-state index contributed by atoms with van der Waals surface area (Å²) < 4.78 is 5.30. The van der Waals surface area contributed by atoms with E-state index in [9.17, 15) is 0 Å². The summed E-state index contributed by atoms with van der Waals surface area (Å²) >= 11 is 0. The molecule has 0 saturated carbocycles. The Morgan fingerprint density at radius 2 is 1.79 bits per heavy atom. The van der Waals surface area contributed by atoms with Gasteiger partial charge in [0.1, 0.15) is 0 Å². The van der Waals surface area contributed by atoms with Gasteiger partial charge in [-0.1, -0.05) is 45.7 Å². The maximum atomic E-state index is 5.30. The summed E-state index contributed by atoms with van der Waals surface area (Å²) in [7, 11) is 1.83. The van der Waals surface area contributed by atoms with E-state index >= 15 is 0 Å². The van der Waals surface area contributed by atoms with Crippen molar-refractivity contribution in [2.24, 2.45) is 10.9 Å². The predicted molar refractivity (Wildman–Crippen MR) is 130 cm³/mol. The number of halogens is 1. The van der Waals surface area contributed by atoms with Crippen molar-refractivity contribution >= 4 is 29.9 Å². The average molecular weight is 521 g/mol. The molecule has 168 valence electrons. The van der Waals surface area contributed by atoms with Crippen LogP contribution in [0, 0.1) is 5.92 Å². The number of aromatic nitrogens is 2. The van der Waals surface area contributed by atoms with Gasteiger partial charge in [0.2, 0.25) is 5.89 Å². The Labute approximate surface area is 193 Å². The van der Waals surface area contributed by atoms with Crippen molar-refractivity contribution in [1.82, 2.24) is 25.7 Å². The van der Waals surface area contributed by atoms with Crippen molar-refractivity contribution in [1.29, 1.82) is 0 Å². The molecule has 1 atom stereocenters. The molecule has 0 bridgehead atoms. The third kappa shape index (κ3) is 9.19. The zero-order valence-corrected chi connectivity index (χ0v) is 21.2. The van der Waals surface area contributed by atoms with Gasteiger partial charge in [-0.05, 0) is 38.3 Å². The molecular weight excluding hydrogens is 479 g/mol. The lowest BCUT2D eigenvalue weighted by Gasteiger charge is -2.34. The van der Waals surface area contributed by atoms with Crippen LogP contribution in [-0.2, 0) is 6.42 Å². The van der Waals surface area contributed by atoms with Crippen LogP contribution < -0.4 is 10.6 Å². The van der Waals surface area contributed by atoms with Crippen LogP contribution in [0.25, 0.3) is 0 Å². The van der Waals surface area contributed by atoms with E-state index in [1.54, 1.807) is 0 Å². The number of rotatable bonds is 9. The van der Waals surface area contributed by atoms with Gasteiger partial charge in [-0.15, -0.1) is 24.0 Å². The van der Waals surface area contributed by atoms with Crippen LogP contribution in [0.15, 0.2) is 9.52 Å². The summed E-state index contributed by atoms with van der Waals surface area (Å²) in [6, 6.07) is 0.546. The Hall–Kier alpha value is -0.900. The highest BCUT2D eigenvalue weighted by atomic mass is 127. The molecule has 0 amide bonds. The SMILES string of the molecule is CN=C(NCCCc1nc(C(C)C)no1)NCC(C(C)C)N1CCCCCC1.I. The second kappa shape index (κ2) is 14.2. The van der Waals surface area contributed by atoms with Gasteiger partial charge in [-0.25, -0.2) is 0 Å². The highest BCUT2D eigenvalue weighted by Gasteiger charge is 2.22. The first-order valence-corrected chi connectivity index (χ1v) is 11.0. The summed E-state index contributed by atoms with van der Waals surface area (Å²) in [6.07, 6.45) is 7.11. The maximum absolute atomic E-state index is 5.30.